The van der Waals surface area contributed by atoms with Crippen molar-refractivity contribution in [2.24, 2.45) is 0 Å². The Labute approximate surface area is 183 Å². The first-order chi connectivity index (χ1) is 12.2. The second kappa shape index (κ2) is 8.76. The SMILES string of the molecule is Cc1cc(Cl)ccc1NC(=O)c1cc2ccccc2cc1OP(=O)([O-])[O-].[Na+]. The third-order valence-corrected chi connectivity index (χ3v) is 4.39. The molecule has 0 atom stereocenters. The maximum absolute atomic E-state index is 12.7. The number of rotatable bonds is 4. The van der Waals surface area contributed by atoms with Gasteiger partial charge in [0.15, 0.2) is 0 Å². The molecule has 0 aliphatic rings. The summed E-state index contributed by atoms with van der Waals surface area (Å²) in [7, 11) is -5.33. The summed E-state index contributed by atoms with van der Waals surface area (Å²) in [4.78, 5) is 34.8. The molecule has 0 saturated carbocycles. The number of phosphoric acid groups is 1. The molecular weight excluding hydrogens is 400 g/mol. The molecule has 134 valence electrons. The standard InChI is InChI=1S/C18H15ClNO5P.Na/c1-11-8-14(19)6-7-16(11)20-18(21)15-9-12-4-2-3-5-13(12)10-17(15)25-26(22,23)24;/h2-10H,1H3,(H,20,21)(H2,22,23,24);/q;+1/p-2. The van der Waals surface area contributed by atoms with Gasteiger partial charge in [0.2, 0.25) is 0 Å². The van der Waals surface area contributed by atoms with Gasteiger partial charge in [0.1, 0.15) is 13.6 Å². The van der Waals surface area contributed by atoms with E-state index in [0.29, 0.717) is 21.5 Å². The molecule has 0 aromatic heterocycles. The van der Waals surface area contributed by atoms with Gasteiger partial charge in [-0.2, -0.15) is 0 Å². The number of aryl methyl sites for hydroxylation is 1. The zero-order chi connectivity index (χ0) is 18.9. The van der Waals surface area contributed by atoms with Gasteiger partial charge in [0.25, 0.3) is 5.91 Å². The van der Waals surface area contributed by atoms with Crippen LogP contribution in [0.4, 0.5) is 5.69 Å². The first-order valence-corrected chi connectivity index (χ1v) is 9.39. The number of nitrogens with one attached hydrogen (secondary N) is 1. The number of halogens is 1. The van der Waals surface area contributed by atoms with Crippen molar-refractivity contribution in [2.75, 3.05) is 5.32 Å². The summed E-state index contributed by atoms with van der Waals surface area (Å²) >= 11 is 5.90. The summed E-state index contributed by atoms with van der Waals surface area (Å²) in [5, 5.41) is 4.53. The zero-order valence-electron chi connectivity index (χ0n) is 14.6. The molecule has 9 heteroatoms. The Morgan fingerprint density at radius 2 is 1.70 bits per heavy atom. The predicted octanol–water partition coefficient (Wildman–Crippen LogP) is 0.265. The predicted molar refractivity (Wildman–Crippen MR) is 96.3 cm³/mol. The first-order valence-electron chi connectivity index (χ1n) is 7.55. The van der Waals surface area contributed by atoms with Gasteiger partial charge in [0.05, 0.1) is 5.56 Å². The quantitative estimate of drug-likeness (QED) is 0.489. The summed E-state index contributed by atoms with van der Waals surface area (Å²) in [6, 6.07) is 14.7. The van der Waals surface area contributed by atoms with E-state index in [2.05, 4.69) is 9.84 Å². The maximum atomic E-state index is 12.7. The Hall–Kier alpha value is -1.37. The van der Waals surface area contributed by atoms with Crippen LogP contribution in [0.3, 0.4) is 0 Å². The van der Waals surface area contributed by atoms with E-state index in [4.69, 9.17) is 11.6 Å². The molecule has 3 aromatic rings. The van der Waals surface area contributed by atoms with E-state index in [1.165, 1.54) is 12.1 Å². The summed E-state index contributed by atoms with van der Waals surface area (Å²) in [5.74, 6) is -0.925. The Morgan fingerprint density at radius 1 is 1.07 bits per heavy atom. The van der Waals surface area contributed by atoms with Gasteiger partial charge in [0, 0.05) is 10.7 Å². The van der Waals surface area contributed by atoms with E-state index in [9.17, 15) is 19.1 Å². The van der Waals surface area contributed by atoms with Crippen LogP contribution < -0.4 is 49.2 Å². The third-order valence-electron chi connectivity index (χ3n) is 3.74. The second-order valence-electron chi connectivity index (χ2n) is 5.65. The smallest absolute Gasteiger partial charge is 0.780 e. The molecule has 3 aromatic carbocycles. The number of anilines is 1. The van der Waals surface area contributed by atoms with Gasteiger partial charge < -0.3 is 24.2 Å². The summed E-state index contributed by atoms with van der Waals surface area (Å²) in [6.07, 6.45) is 0. The van der Waals surface area contributed by atoms with Crippen molar-refractivity contribution in [1.82, 2.24) is 0 Å². The number of carbonyl (C=O) groups excluding carboxylic acids is 1. The molecule has 1 amide bonds. The van der Waals surface area contributed by atoms with Crippen LogP contribution in [0.25, 0.3) is 10.8 Å². The largest absolute Gasteiger partial charge is 1.00 e. The van der Waals surface area contributed by atoms with Gasteiger partial charge in [-0.1, -0.05) is 35.9 Å². The molecular formula is C18H13ClNNaO5P-. The van der Waals surface area contributed by atoms with Crippen molar-refractivity contribution in [1.29, 1.82) is 0 Å². The fraction of sp³-hybridized carbons (Fsp3) is 0.0556. The van der Waals surface area contributed by atoms with E-state index in [1.807, 2.05) is 0 Å². The Kier molecular flexibility index (Phi) is 7.11. The number of fused-ring (bicyclic) bond motifs is 1. The Balaban J connectivity index is 0.00000261. The van der Waals surface area contributed by atoms with Crippen molar-refractivity contribution in [2.45, 2.75) is 6.92 Å². The van der Waals surface area contributed by atoms with E-state index < -0.39 is 13.7 Å². The maximum Gasteiger partial charge on any atom is 1.00 e. The fourth-order valence-corrected chi connectivity index (χ4v) is 3.17. The second-order valence-corrected chi connectivity index (χ2v) is 7.16. The summed E-state index contributed by atoms with van der Waals surface area (Å²) < 4.78 is 15.6. The fourth-order valence-electron chi connectivity index (χ4n) is 2.55. The molecule has 0 aliphatic heterocycles. The Morgan fingerprint density at radius 3 is 2.30 bits per heavy atom. The monoisotopic (exact) mass is 412 g/mol. The molecule has 3 rings (SSSR count). The molecule has 0 unspecified atom stereocenters. The summed E-state index contributed by atoms with van der Waals surface area (Å²) in [5.41, 5.74) is 1.17. The van der Waals surface area contributed by atoms with Crippen molar-refractivity contribution < 1.29 is 53.2 Å². The van der Waals surface area contributed by atoms with Gasteiger partial charge in [-0.15, -0.1) is 0 Å². The summed E-state index contributed by atoms with van der Waals surface area (Å²) in [6.45, 7) is 1.77. The van der Waals surface area contributed by atoms with Crippen LogP contribution in [0.15, 0.2) is 54.6 Å². The van der Waals surface area contributed by atoms with Gasteiger partial charge in [-0.3, -0.25) is 4.79 Å². The van der Waals surface area contributed by atoms with Crippen LogP contribution in [0.1, 0.15) is 15.9 Å². The molecule has 0 saturated heterocycles. The van der Waals surface area contributed by atoms with Crippen LogP contribution in [0.5, 0.6) is 5.75 Å². The van der Waals surface area contributed by atoms with Crippen LogP contribution in [-0.4, -0.2) is 5.91 Å². The zero-order valence-corrected chi connectivity index (χ0v) is 18.2. The minimum absolute atomic E-state index is 0. The van der Waals surface area contributed by atoms with E-state index >= 15 is 0 Å². The van der Waals surface area contributed by atoms with Crippen LogP contribution in [0.2, 0.25) is 5.02 Å². The Bertz CT molecular complexity index is 1050. The number of hydrogen-bond acceptors (Lipinski definition) is 5. The van der Waals surface area contributed by atoms with Gasteiger partial charge >= 0.3 is 29.6 Å². The topological polar surface area (TPSA) is 102 Å². The van der Waals surface area contributed by atoms with Crippen molar-refractivity contribution >= 4 is 41.8 Å². The minimum atomic E-state index is -5.33. The minimum Gasteiger partial charge on any atom is -0.780 e. The van der Waals surface area contributed by atoms with E-state index in [1.54, 1.807) is 49.4 Å². The number of benzene rings is 3. The van der Waals surface area contributed by atoms with Gasteiger partial charge in [-0.05, 0) is 53.6 Å². The van der Waals surface area contributed by atoms with E-state index in [-0.39, 0.29) is 40.9 Å². The van der Waals surface area contributed by atoms with Gasteiger partial charge in [-0.25, -0.2) is 0 Å². The molecule has 0 spiro atoms. The van der Waals surface area contributed by atoms with Crippen LogP contribution in [-0.2, 0) is 4.57 Å². The van der Waals surface area contributed by atoms with Crippen molar-refractivity contribution in [3.05, 3.63) is 70.7 Å². The molecule has 0 fully saturated rings. The molecule has 6 nitrogen and oxygen atoms in total. The number of amides is 1. The molecule has 0 heterocycles. The van der Waals surface area contributed by atoms with Crippen LogP contribution >= 0.6 is 19.4 Å². The molecule has 0 aliphatic carbocycles. The van der Waals surface area contributed by atoms with Crippen LogP contribution in [0, 0.1) is 6.92 Å². The number of hydrogen-bond donors (Lipinski definition) is 1. The van der Waals surface area contributed by atoms with Crippen molar-refractivity contribution in [3.8, 4) is 5.75 Å². The normalized spacial score (nSPS) is 11.0. The average Bonchev–Trinajstić information content (AvgIpc) is 2.55. The third kappa shape index (κ3) is 5.56. The molecule has 0 bridgehead atoms. The molecule has 0 radical (unpaired) electrons. The van der Waals surface area contributed by atoms with E-state index in [0.717, 1.165) is 5.56 Å². The number of carbonyl (C=O) groups is 1. The average molecular weight is 413 g/mol. The molecule has 1 N–H and O–H groups in total. The number of phosphoric ester groups is 1. The molecule has 27 heavy (non-hydrogen) atoms. The first kappa shape index (κ1) is 21.9. The van der Waals surface area contributed by atoms with Crippen molar-refractivity contribution in [3.63, 3.8) is 0 Å².